The molecule has 0 saturated heterocycles. The molecule has 0 bridgehead atoms. The first-order chi connectivity index (χ1) is 16.7. The molecular formula is C29H38ClF2NO3. The van der Waals surface area contributed by atoms with Crippen LogP contribution in [0.15, 0.2) is 30.0 Å². The molecule has 2 fully saturated rings. The molecule has 7 heteroatoms. The van der Waals surface area contributed by atoms with Crippen molar-refractivity contribution in [3.05, 3.63) is 46.1 Å². The van der Waals surface area contributed by atoms with E-state index >= 15 is 0 Å². The first-order valence-electron chi connectivity index (χ1n) is 13.1. The van der Waals surface area contributed by atoms with E-state index < -0.39 is 17.3 Å². The Morgan fingerprint density at radius 1 is 1.19 bits per heavy atom. The summed E-state index contributed by atoms with van der Waals surface area (Å²) in [5.41, 5.74) is 2.62. The molecule has 0 aromatic heterocycles. The average Bonchev–Trinajstić information content (AvgIpc) is 2.73. The maximum atomic E-state index is 13.8. The van der Waals surface area contributed by atoms with Gasteiger partial charge < -0.3 is 10.0 Å². The van der Waals surface area contributed by atoms with Gasteiger partial charge in [-0.1, -0.05) is 51.4 Å². The van der Waals surface area contributed by atoms with Crippen molar-refractivity contribution in [2.24, 2.45) is 17.3 Å². The lowest BCUT2D eigenvalue weighted by Crippen LogP contribution is -2.49. The Balaban J connectivity index is 1.65. The van der Waals surface area contributed by atoms with E-state index in [2.05, 4.69) is 26.8 Å². The van der Waals surface area contributed by atoms with Gasteiger partial charge in [-0.05, 0) is 72.6 Å². The van der Waals surface area contributed by atoms with Crippen molar-refractivity contribution in [3.63, 3.8) is 0 Å². The molecule has 1 aliphatic heterocycles. The monoisotopic (exact) mass is 521 g/mol. The van der Waals surface area contributed by atoms with E-state index in [-0.39, 0.29) is 61.3 Å². The molecule has 0 spiro atoms. The Kier molecular flexibility index (Phi) is 7.33. The van der Waals surface area contributed by atoms with Gasteiger partial charge in [-0.25, -0.2) is 8.78 Å². The lowest BCUT2D eigenvalue weighted by molar-refractivity contribution is -0.146. The Bertz CT molecular complexity index is 1050. The minimum atomic E-state index is -2.66. The fraction of sp³-hybridized carbons (Fsp3) is 0.655. The van der Waals surface area contributed by atoms with E-state index in [4.69, 9.17) is 11.6 Å². The maximum Gasteiger partial charge on any atom is 0.306 e. The van der Waals surface area contributed by atoms with Crippen LogP contribution in [0.2, 0.25) is 5.02 Å². The summed E-state index contributed by atoms with van der Waals surface area (Å²) in [6.07, 6.45) is 5.15. The topological polar surface area (TPSA) is 57.6 Å². The number of hydrogen-bond acceptors (Lipinski definition) is 2. The molecule has 0 radical (unpaired) electrons. The highest BCUT2D eigenvalue weighted by Gasteiger charge is 2.49. The van der Waals surface area contributed by atoms with Crippen LogP contribution in [-0.4, -0.2) is 33.8 Å². The number of benzene rings is 1. The van der Waals surface area contributed by atoms with Gasteiger partial charge in [0.25, 0.3) is 0 Å². The van der Waals surface area contributed by atoms with Crippen molar-refractivity contribution in [1.82, 2.24) is 4.90 Å². The van der Waals surface area contributed by atoms with Gasteiger partial charge in [0.05, 0.1) is 5.92 Å². The molecule has 1 aromatic rings. The van der Waals surface area contributed by atoms with Crippen LogP contribution in [0.25, 0.3) is 0 Å². The van der Waals surface area contributed by atoms with Gasteiger partial charge in [-0.15, -0.1) is 0 Å². The minimum absolute atomic E-state index is 0.0380. The molecule has 198 valence electrons. The molecule has 1 atom stereocenters. The van der Waals surface area contributed by atoms with E-state index in [1.54, 1.807) is 4.90 Å². The van der Waals surface area contributed by atoms with E-state index in [0.29, 0.717) is 17.9 Å². The second-order valence-electron chi connectivity index (χ2n) is 12.6. The van der Waals surface area contributed by atoms with Crippen LogP contribution in [0.4, 0.5) is 8.78 Å². The number of nitrogens with zero attached hydrogens (tertiary/aromatic N) is 1. The van der Waals surface area contributed by atoms with Crippen molar-refractivity contribution in [3.8, 4) is 0 Å². The third-order valence-electron chi connectivity index (χ3n) is 8.55. The Labute approximate surface area is 218 Å². The summed E-state index contributed by atoms with van der Waals surface area (Å²) in [7, 11) is 0. The fourth-order valence-corrected chi connectivity index (χ4v) is 6.25. The zero-order valence-corrected chi connectivity index (χ0v) is 22.5. The smallest absolute Gasteiger partial charge is 0.306 e. The number of aliphatic carboxylic acids is 1. The second kappa shape index (κ2) is 9.74. The quantitative estimate of drug-likeness (QED) is 0.425. The Morgan fingerprint density at radius 2 is 1.83 bits per heavy atom. The van der Waals surface area contributed by atoms with E-state index in [9.17, 15) is 23.5 Å². The summed E-state index contributed by atoms with van der Waals surface area (Å²) in [5, 5.41) is 10.1. The largest absolute Gasteiger partial charge is 0.481 e. The number of carboxylic acids is 1. The summed E-state index contributed by atoms with van der Waals surface area (Å²) in [4.78, 5) is 26.6. The molecule has 4 nitrogen and oxygen atoms in total. The second-order valence-corrected chi connectivity index (χ2v) is 13.0. The van der Waals surface area contributed by atoms with Crippen LogP contribution in [0.1, 0.15) is 90.2 Å². The predicted molar refractivity (Wildman–Crippen MR) is 137 cm³/mol. The van der Waals surface area contributed by atoms with E-state index in [1.807, 2.05) is 25.3 Å². The zero-order chi connectivity index (χ0) is 26.5. The number of alkyl halides is 2. The highest BCUT2D eigenvalue weighted by atomic mass is 35.5. The van der Waals surface area contributed by atoms with E-state index in [0.717, 1.165) is 29.5 Å². The molecule has 0 unspecified atom stereocenters. The number of amides is 1. The lowest BCUT2D eigenvalue weighted by Gasteiger charge is -2.48. The standard InChI is InChI=1S/C29H38ClF2NO3/c1-27(2,3)10-7-18-5-6-21(15-24(18)30)28(4)16-25(34)33(22-8-11-29(31,32)12-9-22)17-23(28)19-13-20(14-19)26(35)36/h5-6,15,17,19-20,22H,7-14,16H2,1-4H3,(H,35,36)/t19?,20?,28-/m0/s1. The van der Waals surface area contributed by atoms with Crippen molar-refractivity contribution in [2.75, 3.05) is 0 Å². The maximum absolute atomic E-state index is 13.8. The molecule has 1 N–H and O–H groups in total. The van der Waals surface area contributed by atoms with Gasteiger partial charge in [-0.2, -0.15) is 0 Å². The van der Waals surface area contributed by atoms with Crippen molar-refractivity contribution in [1.29, 1.82) is 0 Å². The van der Waals surface area contributed by atoms with Crippen LogP contribution in [-0.2, 0) is 21.4 Å². The SMILES string of the molecule is CC(C)(C)CCc1ccc([C@]2(C)CC(=O)N(C3CCC(F)(F)CC3)C=C2C2CC(C(=O)O)C2)cc1Cl. The van der Waals surface area contributed by atoms with Gasteiger partial charge in [-0.3, -0.25) is 9.59 Å². The van der Waals surface area contributed by atoms with Crippen LogP contribution < -0.4 is 0 Å². The number of hydrogen-bond donors (Lipinski definition) is 1. The van der Waals surface area contributed by atoms with Crippen LogP contribution >= 0.6 is 11.6 Å². The number of aryl methyl sites for hydroxylation is 1. The Hall–Kier alpha value is -1.95. The van der Waals surface area contributed by atoms with Gasteiger partial charge in [0.15, 0.2) is 0 Å². The fourth-order valence-electron chi connectivity index (χ4n) is 5.97. The highest BCUT2D eigenvalue weighted by molar-refractivity contribution is 6.31. The number of carbonyl (C=O) groups is 2. The molecular weight excluding hydrogens is 484 g/mol. The summed E-state index contributed by atoms with van der Waals surface area (Å²) in [6, 6.07) is 5.82. The normalized spacial score (nSPS) is 29.0. The summed E-state index contributed by atoms with van der Waals surface area (Å²) in [5.74, 6) is -3.87. The first kappa shape index (κ1) is 27.1. The molecule has 36 heavy (non-hydrogen) atoms. The van der Waals surface area contributed by atoms with Crippen LogP contribution in [0, 0.1) is 17.3 Å². The zero-order valence-electron chi connectivity index (χ0n) is 21.8. The predicted octanol–water partition coefficient (Wildman–Crippen LogP) is 7.38. The third kappa shape index (κ3) is 5.64. The summed E-state index contributed by atoms with van der Waals surface area (Å²) < 4.78 is 27.6. The molecule has 1 heterocycles. The number of allylic oxidation sites excluding steroid dienone is 1. The van der Waals surface area contributed by atoms with E-state index in [1.165, 1.54) is 0 Å². The number of carboxylic acid groups (broad SMARTS) is 1. The molecule has 3 aliphatic rings. The first-order valence-corrected chi connectivity index (χ1v) is 13.5. The summed E-state index contributed by atoms with van der Waals surface area (Å²) in [6.45, 7) is 8.63. The molecule has 1 aromatic carbocycles. The van der Waals surface area contributed by atoms with Gasteiger partial charge in [0.1, 0.15) is 0 Å². The number of halogens is 3. The van der Waals surface area contributed by atoms with Crippen molar-refractivity contribution < 1.29 is 23.5 Å². The Morgan fingerprint density at radius 3 is 2.39 bits per heavy atom. The lowest BCUT2D eigenvalue weighted by atomic mass is 9.60. The van der Waals surface area contributed by atoms with Crippen LogP contribution in [0.5, 0.6) is 0 Å². The van der Waals surface area contributed by atoms with Gasteiger partial charge >= 0.3 is 5.97 Å². The number of carbonyl (C=O) groups excluding carboxylic acids is 1. The minimum Gasteiger partial charge on any atom is -0.481 e. The van der Waals surface area contributed by atoms with Gasteiger partial charge in [0.2, 0.25) is 11.8 Å². The highest BCUT2D eigenvalue weighted by Crippen LogP contribution is 2.51. The molecule has 4 rings (SSSR count). The molecule has 2 aliphatic carbocycles. The van der Waals surface area contributed by atoms with Crippen molar-refractivity contribution in [2.45, 2.75) is 103 Å². The third-order valence-corrected chi connectivity index (χ3v) is 8.90. The van der Waals surface area contributed by atoms with Gasteiger partial charge in [0, 0.05) is 41.9 Å². The summed E-state index contributed by atoms with van der Waals surface area (Å²) >= 11 is 6.73. The average molecular weight is 522 g/mol. The van der Waals surface area contributed by atoms with Crippen LogP contribution in [0.3, 0.4) is 0 Å². The molecule has 2 saturated carbocycles. The van der Waals surface area contributed by atoms with Crippen molar-refractivity contribution >= 4 is 23.5 Å². The number of rotatable bonds is 6. The molecule has 1 amide bonds.